The molecule has 0 aliphatic rings. The first-order chi connectivity index (χ1) is 12.4. The Kier molecular flexibility index (Phi) is 6.20. The lowest BCUT2D eigenvalue weighted by Crippen LogP contribution is -2.30. The highest BCUT2D eigenvalue weighted by Gasteiger charge is 2.17. The summed E-state index contributed by atoms with van der Waals surface area (Å²) in [5, 5.41) is 13.3. The lowest BCUT2D eigenvalue weighted by Gasteiger charge is -2.08. The van der Waals surface area contributed by atoms with Crippen LogP contribution in [0, 0.1) is 15.9 Å². The number of nitrogens with two attached hydrogens (primary N) is 1. The van der Waals surface area contributed by atoms with Crippen molar-refractivity contribution < 1.29 is 23.6 Å². The van der Waals surface area contributed by atoms with Gasteiger partial charge >= 0.3 is 5.97 Å². The molecule has 0 fully saturated rings. The Hall–Kier alpha value is -3.49. The van der Waals surface area contributed by atoms with Gasteiger partial charge in [0, 0.05) is 24.4 Å². The van der Waals surface area contributed by atoms with Gasteiger partial charge < -0.3 is 15.8 Å². The molecule has 0 aliphatic heterocycles. The average Bonchev–Trinajstić information content (AvgIpc) is 2.61. The van der Waals surface area contributed by atoms with Gasteiger partial charge in [-0.1, -0.05) is 12.1 Å². The maximum Gasteiger partial charge on any atom is 0.341 e. The third kappa shape index (κ3) is 5.26. The number of anilines is 1. The molecule has 2 aromatic rings. The number of nitrogens with zero attached hydrogens (tertiary/aromatic N) is 1. The predicted molar refractivity (Wildman–Crippen MR) is 90.9 cm³/mol. The minimum absolute atomic E-state index is 0.0114. The largest absolute Gasteiger partial charge is 0.452 e. The third-order valence-electron chi connectivity index (χ3n) is 3.45. The second-order valence-electron chi connectivity index (χ2n) is 5.33. The zero-order valence-electron chi connectivity index (χ0n) is 13.6. The number of halogens is 1. The van der Waals surface area contributed by atoms with Gasteiger partial charge in [0.25, 0.3) is 11.6 Å². The average molecular weight is 361 g/mol. The molecule has 2 aromatic carbocycles. The van der Waals surface area contributed by atoms with Crippen LogP contribution in [-0.4, -0.2) is 30.0 Å². The lowest BCUT2D eigenvalue weighted by atomic mass is 10.1. The highest BCUT2D eigenvalue weighted by atomic mass is 19.1. The van der Waals surface area contributed by atoms with Gasteiger partial charge in [0.1, 0.15) is 5.82 Å². The fourth-order valence-corrected chi connectivity index (χ4v) is 2.09. The van der Waals surface area contributed by atoms with E-state index in [4.69, 9.17) is 10.5 Å². The van der Waals surface area contributed by atoms with Crippen molar-refractivity contribution in [3.8, 4) is 0 Å². The zero-order valence-corrected chi connectivity index (χ0v) is 13.6. The molecule has 0 bridgehead atoms. The van der Waals surface area contributed by atoms with Crippen molar-refractivity contribution >= 4 is 23.3 Å². The van der Waals surface area contributed by atoms with Crippen LogP contribution < -0.4 is 11.1 Å². The standard InChI is InChI=1S/C17H16FN3O5/c18-12-3-1-11(2-4-12)7-8-20-16(22)10-26-17(23)14-9-13(21(24)25)5-6-15(14)19/h1-6,9H,7-8,10,19H2,(H,20,22). The van der Waals surface area contributed by atoms with Crippen molar-refractivity contribution in [1.82, 2.24) is 5.32 Å². The van der Waals surface area contributed by atoms with Gasteiger partial charge in [-0.3, -0.25) is 14.9 Å². The fraction of sp³-hybridized carbons (Fsp3) is 0.176. The van der Waals surface area contributed by atoms with Gasteiger partial charge in [0.2, 0.25) is 0 Å². The number of amides is 1. The highest BCUT2D eigenvalue weighted by molar-refractivity contribution is 5.96. The minimum atomic E-state index is -0.931. The smallest absolute Gasteiger partial charge is 0.341 e. The van der Waals surface area contributed by atoms with Crippen LogP contribution in [0.3, 0.4) is 0 Å². The molecule has 0 heterocycles. The monoisotopic (exact) mass is 361 g/mol. The second-order valence-corrected chi connectivity index (χ2v) is 5.33. The molecule has 0 saturated heterocycles. The van der Waals surface area contributed by atoms with Gasteiger partial charge in [-0.05, 0) is 30.2 Å². The number of nitrogen functional groups attached to an aromatic ring is 1. The number of ether oxygens (including phenoxy) is 1. The molecule has 0 aromatic heterocycles. The van der Waals surface area contributed by atoms with Gasteiger partial charge in [-0.15, -0.1) is 0 Å². The number of non-ortho nitro benzene ring substituents is 1. The number of nitro groups is 1. The Bertz CT molecular complexity index is 824. The van der Waals surface area contributed by atoms with Crippen LogP contribution in [0.15, 0.2) is 42.5 Å². The molecule has 136 valence electrons. The topological polar surface area (TPSA) is 125 Å². The first-order valence-corrected chi connectivity index (χ1v) is 7.59. The fourth-order valence-electron chi connectivity index (χ4n) is 2.09. The molecule has 0 radical (unpaired) electrons. The Morgan fingerprint density at radius 3 is 2.54 bits per heavy atom. The summed E-state index contributed by atoms with van der Waals surface area (Å²) in [7, 11) is 0. The molecule has 0 saturated carbocycles. The number of hydrogen-bond acceptors (Lipinski definition) is 6. The molecule has 0 atom stereocenters. The van der Waals surface area contributed by atoms with E-state index in [1.54, 1.807) is 12.1 Å². The predicted octanol–water partition coefficient (Wildman–Crippen LogP) is 1.83. The maximum atomic E-state index is 12.8. The molecular formula is C17H16FN3O5. The summed E-state index contributed by atoms with van der Waals surface area (Å²) in [6, 6.07) is 9.22. The Balaban J connectivity index is 1.81. The first kappa shape index (κ1) is 18.8. The number of nitro benzene ring substituents is 1. The zero-order chi connectivity index (χ0) is 19.1. The SMILES string of the molecule is Nc1ccc([N+](=O)[O-])cc1C(=O)OCC(=O)NCCc1ccc(F)cc1. The number of nitrogens with one attached hydrogen (secondary N) is 1. The summed E-state index contributed by atoms with van der Waals surface area (Å²) in [4.78, 5) is 33.7. The number of carbonyl (C=O) groups excluding carboxylic acids is 2. The van der Waals surface area contributed by atoms with Crippen molar-refractivity contribution in [3.05, 3.63) is 69.5 Å². The second kappa shape index (κ2) is 8.56. The van der Waals surface area contributed by atoms with Gasteiger partial charge in [0.15, 0.2) is 6.61 Å². The maximum absolute atomic E-state index is 12.8. The van der Waals surface area contributed by atoms with Gasteiger partial charge in [-0.25, -0.2) is 9.18 Å². The summed E-state index contributed by atoms with van der Waals surface area (Å²) >= 11 is 0. The summed E-state index contributed by atoms with van der Waals surface area (Å²) in [6.07, 6.45) is 0.484. The molecule has 26 heavy (non-hydrogen) atoms. The summed E-state index contributed by atoms with van der Waals surface area (Å²) in [5.74, 6) is -1.81. The van der Waals surface area contributed by atoms with Crippen LogP contribution in [-0.2, 0) is 16.0 Å². The van der Waals surface area contributed by atoms with E-state index < -0.39 is 23.4 Å². The highest BCUT2D eigenvalue weighted by Crippen LogP contribution is 2.20. The van der Waals surface area contributed by atoms with E-state index in [1.165, 1.54) is 18.2 Å². The van der Waals surface area contributed by atoms with E-state index in [-0.39, 0.29) is 29.3 Å². The first-order valence-electron chi connectivity index (χ1n) is 7.59. The van der Waals surface area contributed by atoms with Gasteiger partial charge in [-0.2, -0.15) is 0 Å². The van der Waals surface area contributed by atoms with E-state index in [0.717, 1.165) is 17.7 Å². The number of hydrogen-bond donors (Lipinski definition) is 2. The lowest BCUT2D eigenvalue weighted by molar-refractivity contribution is -0.384. The Labute approximate surface area is 147 Å². The summed E-state index contributed by atoms with van der Waals surface area (Å²) in [6.45, 7) is -0.272. The van der Waals surface area contributed by atoms with E-state index in [0.29, 0.717) is 6.42 Å². The Morgan fingerprint density at radius 1 is 1.19 bits per heavy atom. The van der Waals surface area contributed by atoms with E-state index in [9.17, 15) is 24.1 Å². The molecular weight excluding hydrogens is 345 g/mol. The van der Waals surface area contributed by atoms with Crippen LogP contribution in [0.5, 0.6) is 0 Å². The number of benzene rings is 2. The quantitative estimate of drug-likeness (QED) is 0.335. The minimum Gasteiger partial charge on any atom is -0.452 e. The van der Waals surface area contributed by atoms with Crippen LogP contribution in [0.2, 0.25) is 0 Å². The Morgan fingerprint density at radius 2 is 1.88 bits per heavy atom. The van der Waals surface area contributed by atoms with Crippen molar-refractivity contribution in [2.24, 2.45) is 0 Å². The van der Waals surface area contributed by atoms with Crippen molar-refractivity contribution in [1.29, 1.82) is 0 Å². The van der Waals surface area contributed by atoms with Crippen molar-refractivity contribution in [2.75, 3.05) is 18.9 Å². The number of rotatable bonds is 7. The molecule has 0 unspecified atom stereocenters. The van der Waals surface area contributed by atoms with E-state index in [1.807, 2.05) is 0 Å². The van der Waals surface area contributed by atoms with Crippen LogP contribution in [0.25, 0.3) is 0 Å². The summed E-state index contributed by atoms with van der Waals surface area (Å²) in [5.41, 5.74) is 5.96. The molecule has 1 amide bonds. The number of carbonyl (C=O) groups is 2. The molecule has 3 N–H and O–H groups in total. The van der Waals surface area contributed by atoms with Crippen LogP contribution >= 0.6 is 0 Å². The molecule has 8 nitrogen and oxygen atoms in total. The van der Waals surface area contributed by atoms with Crippen molar-refractivity contribution in [2.45, 2.75) is 6.42 Å². The molecule has 9 heteroatoms. The van der Waals surface area contributed by atoms with Crippen LogP contribution in [0.4, 0.5) is 15.8 Å². The normalized spacial score (nSPS) is 10.2. The molecule has 2 rings (SSSR count). The number of esters is 1. The van der Waals surface area contributed by atoms with Crippen molar-refractivity contribution in [3.63, 3.8) is 0 Å². The molecule has 0 aliphatic carbocycles. The van der Waals surface area contributed by atoms with Crippen LogP contribution in [0.1, 0.15) is 15.9 Å². The van der Waals surface area contributed by atoms with Gasteiger partial charge in [0.05, 0.1) is 10.5 Å². The van der Waals surface area contributed by atoms with E-state index >= 15 is 0 Å². The van der Waals surface area contributed by atoms with E-state index in [2.05, 4.69) is 5.32 Å². The third-order valence-corrected chi connectivity index (χ3v) is 3.45. The summed E-state index contributed by atoms with van der Waals surface area (Å²) < 4.78 is 17.6. The molecule has 0 spiro atoms.